The van der Waals surface area contributed by atoms with Gasteiger partial charge in [0, 0.05) is 6.42 Å². The summed E-state index contributed by atoms with van der Waals surface area (Å²) >= 11 is 0. The average molecular weight is 455 g/mol. The predicted octanol–water partition coefficient (Wildman–Crippen LogP) is 4.33. The second-order valence-electron chi connectivity index (χ2n) is 8.00. The molecule has 0 N–H and O–H groups in total. The minimum Gasteiger partial charge on any atom is -0.497 e. The lowest BCUT2D eigenvalue weighted by molar-refractivity contribution is -0.389. The van der Waals surface area contributed by atoms with Crippen molar-refractivity contribution in [3.8, 4) is 5.75 Å². The van der Waals surface area contributed by atoms with Crippen molar-refractivity contribution in [2.75, 3.05) is 7.11 Å². The minimum absolute atomic E-state index is 0.109. The average Bonchev–Trinajstić information content (AvgIpc) is 3.52. The number of hydrogen-bond donors (Lipinski definition) is 0. The van der Waals surface area contributed by atoms with Crippen LogP contribution in [0.15, 0.2) is 84.4 Å². The lowest BCUT2D eigenvalue weighted by atomic mass is 9.97. The van der Waals surface area contributed by atoms with E-state index >= 15 is 0 Å². The second kappa shape index (κ2) is 8.78. The van der Waals surface area contributed by atoms with Gasteiger partial charge in [0.15, 0.2) is 0 Å². The lowest BCUT2D eigenvalue weighted by Gasteiger charge is -2.22. The van der Waals surface area contributed by atoms with E-state index in [1.54, 1.807) is 7.11 Å². The monoisotopic (exact) mass is 455 g/mol. The molecule has 0 spiro atoms. The molecule has 34 heavy (non-hydrogen) atoms. The number of hydrogen-bond acceptors (Lipinski definition) is 6. The molecule has 1 aliphatic heterocycles. The highest BCUT2D eigenvalue weighted by Crippen LogP contribution is 2.34. The van der Waals surface area contributed by atoms with Crippen molar-refractivity contribution >= 4 is 28.2 Å². The van der Waals surface area contributed by atoms with Crippen LogP contribution in [-0.2, 0) is 11.3 Å². The zero-order valence-corrected chi connectivity index (χ0v) is 18.4. The van der Waals surface area contributed by atoms with Crippen LogP contribution in [0.3, 0.4) is 0 Å². The van der Waals surface area contributed by atoms with Crippen LogP contribution in [0, 0.1) is 10.1 Å². The predicted molar refractivity (Wildman–Crippen MR) is 127 cm³/mol. The molecule has 9 heteroatoms. The Balaban J connectivity index is 1.48. The van der Waals surface area contributed by atoms with Crippen LogP contribution in [0.5, 0.6) is 5.75 Å². The van der Waals surface area contributed by atoms with Gasteiger partial charge in [-0.2, -0.15) is 5.10 Å². The third kappa shape index (κ3) is 4.11. The number of rotatable bonds is 6. The van der Waals surface area contributed by atoms with Crippen molar-refractivity contribution in [3.05, 3.63) is 100 Å². The summed E-state index contributed by atoms with van der Waals surface area (Å²) in [6, 6.07) is 21.5. The van der Waals surface area contributed by atoms with Crippen molar-refractivity contribution in [2.45, 2.75) is 19.0 Å². The van der Waals surface area contributed by atoms with Gasteiger partial charge in [-0.25, -0.2) is 5.01 Å². The number of benzene rings is 3. The second-order valence-corrected chi connectivity index (χ2v) is 8.00. The molecule has 5 rings (SSSR count). The molecule has 3 aromatic carbocycles. The molecule has 1 aromatic heterocycles. The zero-order valence-electron chi connectivity index (χ0n) is 18.4. The molecule has 1 amide bonds. The maximum Gasteiger partial charge on any atom is 0.381 e. The molecular formula is C25H21N5O4. The molecule has 4 aromatic rings. The van der Waals surface area contributed by atoms with Gasteiger partial charge in [-0.05, 0) is 50.0 Å². The molecule has 170 valence electrons. The Morgan fingerprint density at radius 1 is 1.12 bits per heavy atom. The smallest absolute Gasteiger partial charge is 0.381 e. The summed E-state index contributed by atoms with van der Waals surface area (Å²) in [4.78, 5) is 27.3. The van der Waals surface area contributed by atoms with E-state index in [2.05, 4.69) is 17.1 Å². The van der Waals surface area contributed by atoms with Crippen LogP contribution in [0.4, 0.5) is 5.82 Å². The Kier molecular flexibility index (Phi) is 5.51. The van der Waals surface area contributed by atoms with Gasteiger partial charge in [0.2, 0.25) is 6.33 Å². The normalized spacial score (nSPS) is 15.4. The maximum atomic E-state index is 13.3. The van der Waals surface area contributed by atoms with Crippen LogP contribution in [-0.4, -0.2) is 38.2 Å². The summed E-state index contributed by atoms with van der Waals surface area (Å²) in [5.41, 5.74) is 2.67. The summed E-state index contributed by atoms with van der Waals surface area (Å²) in [5.74, 6) is 0.131. The summed E-state index contributed by atoms with van der Waals surface area (Å²) in [7, 11) is 1.60. The van der Waals surface area contributed by atoms with Crippen LogP contribution in [0.2, 0.25) is 0 Å². The molecule has 9 nitrogen and oxygen atoms in total. The molecule has 0 bridgehead atoms. The number of hydrazone groups is 1. The first kappa shape index (κ1) is 21.3. The number of methoxy groups -OCH3 is 1. The molecular weight excluding hydrogens is 434 g/mol. The summed E-state index contributed by atoms with van der Waals surface area (Å²) in [5, 5.41) is 19.3. The van der Waals surface area contributed by atoms with E-state index in [-0.39, 0.29) is 24.3 Å². The van der Waals surface area contributed by atoms with Gasteiger partial charge in [0.1, 0.15) is 18.5 Å². The van der Waals surface area contributed by atoms with E-state index in [9.17, 15) is 14.9 Å². The first-order valence-corrected chi connectivity index (χ1v) is 10.7. The number of nitro groups is 1. The van der Waals surface area contributed by atoms with Gasteiger partial charge in [0.05, 0.1) is 18.9 Å². The van der Waals surface area contributed by atoms with Gasteiger partial charge < -0.3 is 19.4 Å². The van der Waals surface area contributed by atoms with Crippen LogP contribution < -0.4 is 4.74 Å². The fourth-order valence-electron chi connectivity index (χ4n) is 4.13. The molecule has 0 radical (unpaired) electrons. The molecule has 1 aliphatic rings. The largest absolute Gasteiger partial charge is 0.497 e. The Morgan fingerprint density at radius 3 is 2.59 bits per heavy atom. The van der Waals surface area contributed by atoms with E-state index in [0.29, 0.717) is 6.42 Å². The number of carbonyl (C=O) groups excluding carboxylic acids is 1. The molecule has 1 atom stereocenters. The lowest BCUT2D eigenvalue weighted by Crippen LogP contribution is -2.30. The molecule has 0 saturated heterocycles. The van der Waals surface area contributed by atoms with Gasteiger partial charge in [-0.15, -0.1) is 0 Å². The van der Waals surface area contributed by atoms with E-state index < -0.39 is 4.92 Å². The summed E-state index contributed by atoms with van der Waals surface area (Å²) in [6.45, 7) is -0.109. The highest BCUT2D eigenvalue weighted by molar-refractivity contribution is 6.05. The molecule has 0 aliphatic carbocycles. The van der Waals surface area contributed by atoms with Gasteiger partial charge >= 0.3 is 5.82 Å². The van der Waals surface area contributed by atoms with Crippen molar-refractivity contribution in [1.82, 2.24) is 14.6 Å². The van der Waals surface area contributed by atoms with Gasteiger partial charge in [-0.1, -0.05) is 48.5 Å². The van der Waals surface area contributed by atoms with Crippen LogP contribution >= 0.6 is 0 Å². The van der Waals surface area contributed by atoms with Crippen LogP contribution in [0.1, 0.15) is 23.6 Å². The first-order valence-electron chi connectivity index (χ1n) is 10.7. The number of fused-ring (bicyclic) bond motifs is 1. The standard InChI is InChI=1S/C25H21N5O4/c1-34-21-10-8-18(9-11-21)23-13-22(20-7-6-17-4-2-3-5-19(17)12-20)27-29(23)25(31)15-28-14-24(26-16-28)30(32)33/h2-12,14,16,23H,13,15H2,1H3/t23-/m1/s1. The summed E-state index contributed by atoms with van der Waals surface area (Å²) in [6.07, 6.45) is 3.06. The number of nitrogens with zero attached hydrogens (tertiary/aromatic N) is 5. The Morgan fingerprint density at radius 2 is 1.88 bits per heavy atom. The summed E-state index contributed by atoms with van der Waals surface area (Å²) < 4.78 is 6.66. The molecule has 0 fully saturated rings. The number of ether oxygens (including phenoxy) is 1. The third-order valence-electron chi connectivity index (χ3n) is 5.87. The Hall–Kier alpha value is -4.53. The third-order valence-corrected chi connectivity index (χ3v) is 5.87. The number of amides is 1. The van der Waals surface area contributed by atoms with Crippen LogP contribution in [0.25, 0.3) is 10.8 Å². The number of imidazole rings is 1. The molecule has 0 unspecified atom stereocenters. The van der Waals surface area contributed by atoms with Crippen molar-refractivity contribution in [2.24, 2.45) is 5.10 Å². The Bertz CT molecular complexity index is 1410. The van der Waals surface area contributed by atoms with Crippen molar-refractivity contribution in [1.29, 1.82) is 0 Å². The van der Waals surface area contributed by atoms with Crippen molar-refractivity contribution in [3.63, 3.8) is 0 Å². The molecule has 0 saturated carbocycles. The number of carbonyl (C=O) groups is 1. The fraction of sp³-hybridized carbons (Fsp3) is 0.160. The van der Waals surface area contributed by atoms with E-state index in [0.717, 1.165) is 33.4 Å². The maximum absolute atomic E-state index is 13.3. The number of aromatic nitrogens is 2. The van der Waals surface area contributed by atoms with E-state index in [1.165, 1.54) is 22.1 Å². The SMILES string of the molecule is COc1ccc([C@H]2CC(c3ccc4ccccc4c3)=NN2C(=O)Cn2cnc([N+](=O)[O-])c2)cc1. The highest BCUT2D eigenvalue weighted by atomic mass is 16.6. The molecule has 2 heterocycles. The quantitative estimate of drug-likeness (QED) is 0.318. The van der Waals surface area contributed by atoms with Gasteiger partial charge in [-0.3, -0.25) is 4.79 Å². The van der Waals surface area contributed by atoms with Gasteiger partial charge in [0.25, 0.3) is 5.91 Å². The first-order chi connectivity index (χ1) is 16.5. The fourth-order valence-corrected chi connectivity index (χ4v) is 4.13. The topological polar surface area (TPSA) is 103 Å². The Labute approximate surface area is 195 Å². The minimum atomic E-state index is -0.590. The zero-order chi connectivity index (χ0) is 23.7. The van der Waals surface area contributed by atoms with E-state index in [4.69, 9.17) is 9.84 Å². The highest BCUT2D eigenvalue weighted by Gasteiger charge is 2.33. The van der Waals surface area contributed by atoms with E-state index in [1.807, 2.05) is 54.6 Å². The van der Waals surface area contributed by atoms with Crippen molar-refractivity contribution < 1.29 is 14.5 Å².